The first-order valence-electron chi connectivity index (χ1n) is 12.8. The molecule has 0 aliphatic carbocycles. The highest BCUT2D eigenvalue weighted by Crippen LogP contribution is 2.47. The second kappa shape index (κ2) is 9.80. The highest BCUT2D eigenvalue weighted by atomic mass is 32.2. The zero-order valence-corrected chi connectivity index (χ0v) is 22.9. The quantitative estimate of drug-likeness (QED) is 0.353. The van der Waals surface area contributed by atoms with Crippen LogP contribution in [0, 0.1) is 12.7 Å². The van der Waals surface area contributed by atoms with Crippen molar-refractivity contribution in [1.29, 1.82) is 0 Å². The molecule has 1 atom stereocenters. The van der Waals surface area contributed by atoms with Crippen LogP contribution in [0.1, 0.15) is 11.6 Å². The van der Waals surface area contributed by atoms with E-state index >= 15 is 0 Å². The number of rotatable bonds is 5. The van der Waals surface area contributed by atoms with Crippen LogP contribution in [-0.4, -0.2) is 75.8 Å². The number of amides is 1. The van der Waals surface area contributed by atoms with Crippen LogP contribution in [-0.2, 0) is 16.6 Å². The number of thioether (sulfide) groups is 1. The van der Waals surface area contributed by atoms with Gasteiger partial charge in [-0.3, -0.25) is 14.0 Å². The van der Waals surface area contributed by atoms with E-state index < -0.39 is 0 Å². The number of fused-ring (bicyclic) bond motifs is 1. The van der Waals surface area contributed by atoms with E-state index in [9.17, 15) is 14.0 Å². The van der Waals surface area contributed by atoms with Crippen LogP contribution in [0.25, 0.3) is 32.9 Å². The highest BCUT2D eigenvalue weighted by Gasteiger charge is 2.31. The molecule has 202 valence electrons. The Labute approximate surface area is 228 Å². The molecule has 1 saturated heterocycles. The predicted molar refractivity (Wildman–Crippen MR) is 151 cm³/mol. The molecule has 11 heteroatoms. The summed E-state index contributed by atoms with van der Waals surface area (Å²) in [5.74, 6) is 0.848. The normalized spacial score (nSPS) is 17.3. The number of aryl methyl sites for hydroxylation is 2. The molecule has 2 aromatic heterocycles. The zero-order valence-electron chi connectivity index (χ0n) is 22.1. The van der Waals surface area contributed by atoms with Crippen molar-refractivity contribution < 1.29 is 13.9 Å². The lowest BCUT2D eigenvalue weighted by Crippen LogP contribution is -2.49. The van der Waals surface area contributed by atoms with E-state index in [1.165, 1.54) is 12.1 Å². The lowest BCUT2D eigenvalue weighted by Gasteiger charge is -2.36. The van der Waals surface area contributed by atoms with Gasteiger partial charge in [0, 0.05) is 67.5 Å². The van der Waals surface area contributed by atoms with Gasteiger partial charge >= 0.3 is 5.69 Å². The molecule has 0 spiro atoms. The van der Waals surface area contributed by atoms with E-state index in [2.05, 4.69) is 27.6 Å². The number of piperazine rings is 1. The first kappa shape index (κ1) is 25.6. The van der Waals surface area contributed by atoms with Crippen molar-refractivity contribution in [2.24, 2.45) is 7.05 Å². The van der Waals surface area contributed by atoms with Crippen molar-refractivity contribution in [1.82, 2.24) is 24.2 Å². The maximum Gasteiger partial charge on any atom is 0.350 e. The first-order valence-corrected chi connectivity index (χ1v) is 13.8. The van der Waals surface area contributed by atoms with Crippen LogP contribution in [0.15, 0.2) is 46.7 Å². The SMILES string of the molecule is C=CC(=O)N1CCN(c2nc(=O)n3c4c(c(-c5ccc(F)c6cnn(C)c56)c(C)cc24)SC[C@@H]3COC)CC1. The fourth-order valence-electron chi connectivity index (χ4n) is 5.84. The number of halogens is 1. The highest BCUT2D eigenvalue weighted by molar-refractivity contribution is 7.99. The summed E-state index contributed by atoms with van der Waals surface area (Å²) in [4.78, 5) is 35.1. The van der Waals surface area contributed by atoms with Crippen molar-refractivity contribution in [2.45, 2.75) is 17.9 Å². The van der Waals surface area contributed by atoms with Gasteiger partial charge in [0.05, 0.1) is 35.3 Å². The standard InChI is InChI=1S/C28H29FN6O3S/c1-5-22(36)33-8-10-34(11-9-33)27-19-12-16(2)23(18-6-7-21(29)20-13-30-32(3)24(18)20)26-25(19)35(28(37)31-27)17(14-38-4)15-39-26/h5-7,12-13,17H,1,8-11,14-15H2,2-4H3/t17-/m0/s1. The molecule has 0 N–H and O–H groups in total. The molecule has 2 aliphatic rings. The second-order valence-electron chi connectivity index (χ2n) is 9.94. The van der Waals surface area contributed by atoms with Crippen molar-refractivity contribution >= 4 is 45.3 Å². The monoisotopic (exact) mass is 548 g/mol. The average molecular weight is 549 g/mol. The Bertz CT molecular complexity index is 1710. The molecule has 2 aliphatic heterocycles. The van der Waals surface area contributed by atoms with Gasteiger partial charge in [0.2, 0.25) is 5.91 Å². The molecule has 4 aromatic rings. The van der Waals surface area contributed by atoms with Gasteiger partial charge in [0.25, 0.3) is 0 Å². The molecule has 0 unspecified atom stereocenters. The van der Waals surface area contributed by atoms with E-state index in [-0.39, 0.29) is 23.5 Å². The molecule has 6 rings (SSSR count). The van der Waals surface area contributed by atoms with Crippen molar-refractivity contribution in [2.75, 3.05) is 50.5 Å². The Balaban J connectivity index is 1.60. The minimum Gasteiger partial charge on any atom is -0.383 e. The van der Waals surface area contributed by atoms with Crippen molar-refractivity contribution in [3.05, 3.63) is 58.9 Å². The number of benzene rings is 2. The number of aromatic nitrogens is 4. The second-order valence-corrected chi connectivity index (χ2v) is 11.0. The van der Waals surface area contributed by atoms with Gasteiger partial charge in [-0.15, -0.1) is 11.8 Å². The minimum absolute atomic E-state index is 0.0976. The number of hydrogen-bond acceptors (Lipinski definition) is 7. The summed E-state index contributed by atoms with van der Waals surface area (Å²) in [6, 6.07) is 5.18. The topological polar surface area (TPSA) is 85.5 Å². The fraction of sp³-hybridized carbons (Fsp3) is 0.357. The Kier molecular flexibility index (Phi) is 6.43. The number of carbonyl (C=O) groups is 1. The number of nitrogens with zero attached hydrogens (tertiary/aromatic N) is 6. The van der Waals surface area contributed by atoms with E-state index in [1.807, 2.05) is 14.0 Å². The van der Waals surface area contributed by atoms with Gasteiger partial charge in [0.15, 0.2) is 0 Å². The van der Waals surface area contributed by atoms with Gasteiger partial charge in [-0.1, -0.05) is 6.58 Å². The third-order valence-electron chi connectivity index (χ3n) is 7.67. The Hall–Kier alpha value is -3.70. The van der Waals surface area contributed by atoms with Crippen LogP contribution in [0.3, 0.4) is 0 Å². The van der Waals surface area contributed by atoms with E-state index in [4.69, 9.17) is 4.74 Å². The lowest BCUT2D eigenvalue weighted by atomic mass is 9.95. The van der Waals surface area contributed by atoms with Crippen LogP contribution in [0.5, 0.6) is 0 Å². The number of methoxy groups -OCH3 is 1. The molecule has 0 saturated carbocycles. The average Bonchev–Trinajstić information content (AvgIpc) is 3.34. The smallest absolute Gasteiger partial charge is 0.350 e. The maximum absolute atomic E-state index is 14.7. The number of hydrogen-bond donors (Lipinski definition) is 0. The molecule has 9 nitrogen and oxygen atoms in total. The van der Waals surface area contributed by atoms with Gasteiger partial charge in [-0.05, 0) is 36.8 Å². The molecular formula is C28H29FN6O3S. The zero-order chi connectivity index (χ0) is 27.4. The van der Waals surface area contributed by atoms with Gasteiger partial charge in [0.1, 0.15) is 11.6 Å². The molecule has 2 aromatic carbocycles. The molecule has 0 bridgehead atoms. The fourth-order valence-corrected chi connectivity index (χ4v) is 7.20. The first-order chi connectivity index (χ1) is 18.8. The van der Waals surface area contributed by atoms with E-state index in [1.54, 1.807) is 45.3 Å². The number of anilines is 1. The third kappa shape index (κ3) is 4.02. The van der Waals surface area contributed by atoms with Gasteiger partial charge in [-0.2, -0.15) is 10.1 Å². The van der Waals surface area contributed by atoms with E-state index in [0.29, 0.717) is 55.3 Å². The summed E-state index contributed by atoms with van der Waals surface area (Å²) in [7, 11) is 3.44. The van der Waals surface area contributed by atoms with Crippen molar-refractivity contribution in [3.8, 4) is 11.1 Å². The van der Waals surface area contributed by atoms with Crippen LogP contribution >= 0.6 is 11.8 Å². The molecule has 1 fully saturated rings. The molecule has 39 heavy (non-hydrogen) atoms. The summed E-state index contributed by atoms with van der Waals surface area (Å²) < 4.78 is 23.6. The largest absolute Gasteiger partial charge is 0.383 e. The van der Waals surface area contributed by atoms with Crippen LogP contribution in [0.2, 0.25) is 0 Å². The number of ether oxygens (including phenoxy) is 1. The third-order valence-corrected chi connectivity index (χ3v) is 8.91. The Morgan fingerprint density at radius 1 is 1.23 bits per heavy atom. The maximum atomic E-state index is 14.7. The van der Waals surface area contributed by atoms with Crippen LogP contribution < -0.4 is 10.6 Å². The summed E-state index contributed by atoms with van der Waals surface area (Å²) >= 11 is 1.68. The summed E-state index contributed by atoms with van der Waals surface area (Å²) in [5.41, 5.74) is 4.02. The van der Waals surface area contributed by atoms with Crippen LogP contribution in [0.4, 0.5) is 10.2 Å². The summed E-state index contributed by atoms with van der Waals surface area (Å²) in [5, 5.41) is 5.66. The molecule has 1 amide bonds. The predicted octanol–water partition coefficient (Wildman–Crippen LogP) is 3.53. The summed E-state index contributed by atoms with van der Waals surface area (Å²) in [6.45, 7) is 8.18. The van der Waals surface area contributed by atoms with Crippen molar-refractivity contribution in [3.63, 3.8) is 0 Å². The lowest BCUT2D eigenvalue weighted by molar-refractivity contribution is -0.126. The number of carbonyl (C=O) groups excluding carboxylic acids is 1. The summed E-state index contributed by atoms with van der Waals surface area (Å²) in [6.07, 6.45) is 2.88. The Morgan fingerprint density at radius 2 is 2.00 bits per heavy atom. The molecule has 4 heterocycles. The Morgan fingerprint density at radius 3 is 2.72 bits per heavy atom. The van der Waals surface area contributed by atoms with Gasteiger partial charge in [-0.25, -0.2) is 9.18 Å². The van der Waals surface area contributed by atoms with Gasteiger partial charge < -0.3 is 14.5 Å². The minimum atomic E-state index is -0.328. The molecule has 0 radical (unpaired) electrons. The molecular weight excluding hydrogens is 519 g/mol. The van der Waals surface area contributed by atoms with E-state index in [0.717, 1.165) is 32.5 Å².